The van der Waals surface area contributed by atoms with Crippen molar-refractivity contribution in [2.24, 2.45) is 0 Å². The smallest absolute Gasteiger partial charge is 0.304 e. The number of halogens is 2. The van der Waals surface area contributed by atoms with Crippen molar-refractivity contribution in [3.8, 4) is 33.9 Å². The van der Waals surface area contributed by atoms with E-state index >= 15 is 0 Å². The van der Waals surface area contributed by atoms with E-state index in [0.717, 1.165) is 28.2 Å². The summed E-state index contributed by atoms with van der Waals surface area (Å²) in [5, 5.41) is 1.22. The third-order valence-electron chi connectivity index (χ3n) is 4.77. The summed E-state index contributed by atoms with van der Waals surface area (Å²) in [7, 11) is 0. The fraction of sp³-hybridized carbons (Fsp3) is 0. The van der Waals surface area contributed by atoms with Crippen LogP contribution in [0.5, 0.6) is 0 Å². The Bertz CT molecular complexity index is 1440. The molecule has 7 heteroatoms. The van der Waals surface area contributed by atoms with E-state index in [0.29, 0.717) is 21.4 Å². The van der Waals surface area contributed by atoms with Gasteiger partial charge in [0.15, 0.2) is 0 Å². The molecule has 1 N–H and O–H groups in total. The molecule has 3 aromatic heterocycles. The average molecular weight is 433 g/mol. The second-order valence-corrected chi connectivity index (χ2v) is 7.61. The van der Waals surface area contributed by atoms with Crippen molar-refractivity contribution in [2.45, 2.75) is 0 Å². The third kappa shape index (κ3) is 3.38. The normalized spacial score (nSPS) is 11.1. The Morgan fingerprint density at radius 2 is 1.63 bits per heavy atom. The van der Waals surface area contributed by atoms with Gasteiger partial charge >= 0.3 is 5.69 Å². The van der Waals surface area contributed by atoms with E-state index in [1.165, 1.54) is 0 Å². The number of H-pyrrole nitrogens is 1. The van der Waals surface area contributed by atoms with Gasteiger partial charge in [-0.15, -0.1) is 0 Å². The zero-order chi connectivity index (χ0) is 20.7. The van der Waals surface area contributed by atoms with Gasteiger partial charge in [-0.05, 0) is 42.5 Å². The highest BCUT2D eigenvalue weighted by molar-refractivity contribution is 6.31. The number of hydrogen-bond donors (Lipinski definition) is 1. The zero-order valence-corrected chi connectivity index (χ0v) is 17.0. The number of pyridine rings is 1. The minimum atomic E-state index is -0.449. The molecule has 0 amide bonds. The molecule has 146 valence electrons. The molecule has 5 aromatic rings. The number of rotatable bonds is 3. The first-order valence-electron chi connectivity index (χ1n) is 9.19. The van der Waals surface area contributed by atoms with Crippen LogP contribution in [0.15, 0.2) is 83.8 Å². The van der Waals surface area contributed by atoms with Gasteiger partial charge in [-0.3, -0.25) is 4.40 Å². The molecule has 2 aromatic carbocycles. The van der Waals surface area contributed by atoms with Crippen molar-refractivity contribution < 1.29 is 0 Å². The molecular weight excluding hydrogens is 419 g/mol. The SMILES string of the molecule is O=c1nc(-c2cccc(Cl)c2)cc(-c2c(-c3ccc(Cl)cc3)nc3ccccn23)[nH]1. The number of imidazole rings is 1. The molecular formula is C23H14Cl2N4O. The van der Waals surface area contributed by atoms with E-state index in [1.807, 2.05) is 71.3 Å². The summed E-state index contributed by atoms with van der Waals surface area (Å²) in [5.41, 5.74) is 4.59. The Hall–Kier alpha value is -3.41. The van der Waals surface area contributed by atoms with Crippen LogP contribution in [0, 0.1) is 0 Å². The quantitative estimate of drug-likeness (QED) is 0.396. The fourth-order valence-electron chi connectivity index (χ4n) is 3.44. The van der Waals surface area contributed by atoms with Crippen LogP contribution in [0.4, 0.5) is 0 Å². The molecule has 5 rings (SSSR count). The minimum absolute atomic E-state index is 0.449. The van der Waals surface area contributed by atoms with Crippen molar-refractivity contribution in [2.75, 3.05) is 0 Å². The molecule has 0 bridgehead atoms. The van der Waals surface area contributed by atoms with Crippen LogP contribution in [0.1, 0.15) is 0 Å². The maximum absolute atomic E-state index is 12.4. The maximum Gasteiger partial charge on any atom is 0.346 e. The first-order valence-corrected chi connectivity index (χ1v) is 9.95. The number of aromatic nitrogens is 4. The minimum Gasteiger partial charge on any atom is -0.304 e. The number of aromatic amines is 1. The first-order chi connectivity index (χ1) is 14.6. The highest BCUT2D eigenvalue weighted by Crippen LogP contribution is 2.33. The molecule has 0 saturated carbocycles. The molecule has 0 saturated heterocycles. The summed E-state index contributed by atoms with van der Waals surface area (Å²) in [6.45, 7) is 0. The summed E-state index contributed by atoms with van der Waals surface area (Å²) in [6.07, 6.45) is 1.91. The Balaban J connectivity index is 1.78. The van der Waals surface area contributed by atoms with Crippen molar-refractivity contribution in [1.82, 2.24) is 19.4 Å². The summed E-state index contributed by atoms with van der Waals surface area (Å²) in [5.74, 6) is 0. The predicted molar refractivity (Wildman–Crippen MR) is 120 cm³/mol. The van der Waals surface area contributed by atoms with E-state index in [9.17, 15) is 4.79 Å². The van der Waals surface area contributed by atoms with E-state index < -0.39 is 5.69 Å². The summed E-state index contributed by atoms with van der Waals surface area (Å²) in [4.78, 5) is 24.2. The van der Waals surface area contributed by atoms with Crippen LogP contribution in [0.3, 0.4) is 0 Å². The van der Waals surface area contributed by atoms with Crippen LogP contribution in [0.2, 0.25) is 10.0 Å². The number of nitrogens with one attached hydrogen (secondary N) is 1. The number of fused-ring (bicyclic) bond motifs is 1. The lowest BCUT2D eigenvalue weighted by atomic mass is 10.1. The van der Waals surface area contributed by atoms with Gasteiger partial charge in [-0.2, -0.15) is 4.98 Å². The van der Waals surface area contributed by atoms with Gasteiger partial charge in [0, 0.05) is 27.4 Å². The van der Waals surface area contributed by atoms with Crippen molar-refractivity contribution in [1.29, 1.82) is 0 Å². The van der Waals surface area contributed by atoms with E-state index in [4.69, 9.17) is 28.2 Å². The van der Waals surface area contributed by atoms with Crippen LogP contribution in [0.25, 0.3) is 39.5 Å². The second kappa shape index (κ2) is 7.44. The van der Waals surface area contributed by atoms with Crippen molar-refractivity contribution >= 4 is 28.8 Å². The Morgan fingerprint density at radius 3 is 2.43 bits per heavy atom. The van der Waals surface area contributed by atoms with Gasteiger partial charge in [-0.25, -0.2) is 9.78 Å². The van der Waals surface area contributed by atoms with Crippen molar-refractivity contribution in [3.63, 3.8) is 0 Å². The van der Waals surface area contributed by atoms with Gasteiger partial charge in [0.25, 0.3) is 0 Å². The predicted octanol–water partition coefficient (Wildman–Crippen LogP) is 5.73. The largest absolute Gasteiger partial charge is 0.346 e. The molecule has 0 atom stereocenters. The van der Waals surface area contributed by atoms with E-state index in [1.54, 1.807) is 12.1 Å². The van der Waals surface area contributed by atoms with Crippen molar-refractivity contribution in [3.05, 3.63) is 99.5 Å². The molecule has 0 aliphatic heterocycles. The lowest BCUT2D eigenvalue weighted by molar-refractivity contribution is 1.07. The van der Waals surface area contributed by atoms with Gasteiger partial charge < -0.3 is 4.98 Å². The molecule has 30 heavy (non-hydrogen) atoms. The zero-order valence-electron chi connectivity index (χ0n) is 15.5. The van der Waals surface area contributed by atoms with Gasteiger partial charge in [0.1, 0.15) is 5.65 Å². The highest BCUT2D eigenvalue weighted by atomic mass is 35.5. The van der Waals surface area contributed by atoms with E-state index in [-0.39, 0.29) is 0 Å². The number of hydrogen-bond acceptors (Lipinski definition) is 3. The lowest BCUT2D eigenvalue weighted by Gasteiger charge is -2.08. The van der Waals surface area contributed by atoms with Crippen LogP contribution in [-0.4, -0.2) is 19.4 Å². The Labute approximate surface area is 181 Å². The second-order valence-electron chi connectivity index (χ2n) is 6.74. The number of benzene rings is 2. The fourth-order valence-corrected chi connectivity index (χ4v) is 3.76. The molecule has 0 fully saturated rings. The summed E-state index contributed by atoms with van der Waals surface area (Å²) in [6, 6.07) is 22.3. The monoisotopic (exact) mass is 432 g/mol. The molecule has 5 nitrogen and oxygen atoms in total. The van der Waals surface area contributed by atoms with Gasteiger partial charge in [0.05, 0.1) is 22.8 Å². The van der Waals surface area contributed by atoms with Gasteiger partial charge in [0.2, 0.25) is 0 Å². The van der Waals surface area contributed by atoms with Crippen LogP contribution in [-0.2, 0) is 0 Å². The Morgan fingerprint density at radius 1 is 0.800 bits per heavy atom. The van der Waals surface area contributed by atoms with Crippen LogP contribution >= 0.6 is 23.2 Å². The first kappa shape index (κ1) is 18.6. The topological polar surface area (TPSA) is 63.1 Å². The summed E-state index contributed by atoms with van der Waals surface area (Å²) < 4.78 is 1.94. The molecule has 0 spiro atoms. The molecule has 0 radical (unpaired) electrons. The third-order valence-corrected chi connectivity index (χ3v) is 5.25. The van der Waals surface area contributed by atoms with Gasteiger partial charge in [-0.1, -0.05) is 53.5 Å². The Kier molecular flexibility index (Phi) is 4.62. The maximum atomic E-state index is 12.4. The molecule has 0 aliphatic rings. The average Bonchev–Trinajstić information content (AvgIpc) is 3.13. The van der Waals surface area contributed by atoms with Crippen LogP contribution < -0.4 is 5.69 Å². The van der Waals surface area contributed by atoms with E-state index in [2.05, 4.69) is 9.97 Å². The lowest BCUT2D eigenvalue weighted by Crippen LogP contribution is -2.12. The molecule has 0 unspecified atom stereocenters. The molecule has 3 heterocycles. The standard InChI is InChI=1S/C23H14Cl2N4O/c24-16-9-7-14(8-10-16)21-22(29-11-2-1-6-20(29)28-21)19-13-18(26-23(30)27-19)15-4-3-5-17(25)12-15/h1-13H,(H,26,27,30). The highest BCUT2D eigenvalue weighted by Gasteiger charge is 2.18. The summed E-state index contributed by atoms with van der Waals surface area (Å²) >= 11 is 12.2. The molecule has 0 aliphatic carbocycles. The number of nitrogens with zero attached hydrogens (tertiary/aromatic N) is 3.